The number of hydrogen-bond donors (Lipinski definition) is 2. The van der Waals surface area contributed by atoms with E-state index >= 15 is 0 Å². The van der Waals surface area contributed by atoms with Crippen LogP contribution in [0.4, 0.5) is 0 Å². The van der Waals surface area contributed by atoms with Crippen LogP contribution in [0.15, 0.2) is 54.6 Å². The number of benzene rings is 2. The van der Waals surface area contributed by atoms with E-state index in [0.717, 1.165) is 16.7 Å². The van der Waals surface area contributed by atoms with Crippen molar-refractivity contribution < 1.29 is 9.90 Å². The summed E-state index contributed by atoms with van der Waals surface area (Å²) in [5.74, 6) is -0.0249. The summed E-state index contributed by atoms with van der Waals surface area (Å²) in [7, 11) is 1.75. The molecule has 0 aliphatic rings. The summed E-state index contributed by atoms with van der Waals surface area (Å²) < 4.78 is 0. The van der Waals surface area contributed by atoms with E-state index in [1.807, 2.05) is 61.5 Å². The van der Waals surface area contributed by atoms with Crippen LogP contribution in [-0.2, 0) is 11.3 Å². The fraction of sp³-hybridized carbons (Fsp3) is 0.316. The van der Waals surface area contributed by atoms with E-state index in [4.69, 9.17) is 0 Å². The third kappa shape index (κ3) is 5.20. The molecule has 0 spiro atoms. The second kappa shape index (κ2) is 8.46. The fourth-order valence-corrected chi connectivity index (χ4v) is 2.51. The monoisotopic (exact) mass is 312 g/mol. The molecule has 2 rings (SSSR count). The van der Waals surface area contributed by atoms with E-state index in [9.17, 15) is 9.90 Å². The molecule has 23 heavy (non-hydrogen) atoms. The first-order chi connectivity index (χ1) is 11.1. The number of rotatable bonds is 7. The Morgan fingerprint density at radius 2 is 1.91 bits per heavy atom. The fourth-order valence-electron chi connectivity index (χ4n) is 2.51. The summed E-state index contributed by atoms with van der Waals surface area (Å²) in [5, 5.41) is 13.4. The normalized spacial score (nSPS) is 12.0. The third-order valence-corrected chi connectivity index (χ3v) is 3.72. The smallest absolute Gasteiger partial charge is 0.236 e. The predicted octanol–water partition coefficient (Wildman–Crippen LogP) is 2.28. The van der Waals surface area contributed by atoms with Gasteiger partial charge in [0, 0.05) is 6.54 Å². The molecule has 0 bridgehead atoms. The van der Waals surface area contributed by atoms with Crippen molar-refractivity contribution in [3.63, 3.8) is 0 Å². The molecule has 122 valence electrons. The van der Waals surface area contributed by atoms with E-state index in [0.29, 0.717) is 6.54 Å². The van der Waals surface area contributed by atoms with Gasteiger partial charge in [0.2, 0.25) is 5.91 Å². The minimum absolute atomic E-state index is 0.0249. The zero-order valence-electron chi connectivity index (χ0n) is 13.7. The van der Waals surface area contributed by atoms with E-state index in [1.54, 1.807) is 11.9 Å². The minimum atomic E-state index is -0.695. The van der Waals surface area contributed by atoms with Crippen LogP contribution in [-0.4, -0.2) is 36.1 Å². The van der Waals surface area contributed by atoms with E-state index in [2.05, 4.69) is 5.32 Å². The van der Waals surface area contributed by atoms with Crippen LogP contribution < -0.4 is 5.32 Å². The highest BCUT2D eigenvalue weighted by Gasteiger charge is 2.18. The first kappa shape index (κ1) is 17.2. The molecule has 0 aromatic heterocycles. The molecule has 1 unspecified atom stereocenters. The van der Waals surface area contributed by atoms with Crippen LogP contribution in [0.2, 0.25) is 0 Å². The van der Waals surface area contributed by atoms with Gasteiger partial charge in [0.25, 0.3) is 0 Å². The van der Waals surface area contributed by atoms with E-state index < -0.39 is 6.10 Å². The summed E-state index contributed by atoms with van der Waals surface area (Å²) in [4.78, 5) is 14.0. The first-order valence-corrected chi connectivity index (χ1v) is 7.81. The van der Waals surface area contributed by atoms with Crippen LogP contribution in [0.25, 0.3) is 0 Å². The maximum atomic E-state index is 12.3. The van der Waals surface area contributed by atoms with Gasteiger partial charge in [0.15, 0.2) is 0 Å². The van der Waals surface area contributed by atoms with Gasteiger partial charge >= 0.3 is 0 Å². The van der Waals surface area contributed by atoms with E-state index in [-0.39, 0.29) is 19.0 Å². The lowest BCUT2D eigenvalue weighted by Crippen LogP contribution is -2.39. The average molecular weight is 312 g/mol. The number of likely N-dealkylation sites (N-methyl/N-ethyl adjacent to an activating group) is 1. The van der Waals surface area contributed by atoms with Crippen LogP contribution in [0.5, 0.6) is 0 Å². The maximum Gasteiger partial charge on any atom is 0.236 e. The standard InChI is InChI=1S/C19H24N2O2/c1-15-7-6-10-17(11-15)18(22)14-21(19(23)12-20-2)13-16-8-4-3-5-9-16/h3-11,18,20,22H,12-14H2,1-2H3. The molecule has 2 N–H and O–H groups in total. The van der Waals surface area contributed by atoms with Gasteiger partial charge in [-0.2, -0.15) is 0 Å². The summed E-state index contributed by atoms with van der Waals surface area (Å²) in [5.41, 5.74) is 2.98. The minimum Gasteiger partial charge on any atom is -0.387 e. The largest absolute Gasteiger partial charge is 0.387 e. The molecule has 2 aromatic rings. The maximum absolute atomic E-state index is 12.3. The van der Waals surface area contributed by atoms with Gasteiger partial charge in [-0.3, -0.25) is 4.79 Å². The van der Waals surface area contributed by atoms with Crippen LogP contribution in [0.1, 0.15) is 22.8 Å². The molecule has 1 amide bonds. The summed E-state index contributed by atoms with van der Waals surface area (Å²) in [6, 6.07) is 17.6. The molecule has 0 aliphatic carbocycles. The van der Waals surface area contributed by atoms with Crippen molar-refractivity contribution in [1.29, 1.82) is 0 Å². The lowest BCUT2D eigenvalue weighted by Gasteiger charge is -2.26. The number of amides is 1. The number of aliphatic hydroxyl groups is 1. The number of nitrogens with zero attached hydrogens (tertiary/aromatic N) is 1. The Hall–Kier alpha value is -2.17. The Balaban J connectivity index is 2.12. The van der Waals surface area contributed by atoms with Gasteiger partial charge in [-0.25, -0.2) is 0 Å². The Bertz CT molecular complexity index is 628. The quantitative estimate of drug-likeness (QED) is 0.825. The molecule has 0 saturated carbocycles. The number of aryl methyl sites for hydroxylation is 1. The highest BCUT2D eigenvalue weighted by atomic mass is 16.3. The third-order valence-electron chi connectivity index (χ3n) is 3.72. The summed E-state index contributed by atoms with van der Waals surface area (Å²) in [6.45, 7) is 3.01. The summed E-state index contributed by atoms with van der Waals surface area (Å²) >= 11 is 0. The van der Waals surface area contributed by atoms with Gasteiger partial charge in [-0.1, -0.05) is 60.2 Å². The highest BCUT2D eigenvalue weighted by molar-refractivity contribution is 5.78. The van der Waals surface area contributed by atoms with E-state index in [1.165, 1.54) is 0 Å². The number of carbonyl (C=O) groups excluding carboxylic acids is 1. The van der Waals surface area contributed by atoms with Gasteiger partial charge in [0.05, 0.1) is 19.2 Å². The van der Waals surface area contributed by atoms with Crippen molar-refractivity contribution in [2.75, 3.05) is 20.1 Å². The predicted molar refractivity (Wildman–Crippen MR) is 91.9 cm³/mol. The van der Waals surface area contributed by atoms with Crippen LogP contribution in [0.3, 0.4) is 0 Å². The van der Waals surface area contributed by atoms with Crippen molar-refractivity contribution in [3.05, 3.63) is 71.3 Å². The van der Waals surface area contributed by atoms with Crippen molar-refractivity contribution >= 4 is 5.91 Å². The number of aliphatic hydroxyl groups excluding tert-OH is 1. The molecular formula is C19H24N2O2. The Morgan fingerprint density at radius 1 is 1.17 bits per heavy atom. The molecule has 4 heteroatoms. The second-order valence-electron chi connectivity index (χ2n) is 5.72. The number of nitrogens with one attached hydrogen (secondary N) is 1. The second-order valence-corrected chi connectivity index (χ2v) is 5.72. The molecule has 4 nitrogen and oxygen atoms in total. The lowest BCUT2D eigenvalue weighted by molar-refractivity contribution is -0.132. The molecule has 0 fully saturated rings. The highest BCUT2D eigenvalue weighted by Crippen LogP contribution is 2.17. The molecular weight excluding hydrogens is 288 g/mol. The zero-order chi connectivity index (χ0) is 16.7. The van der Waals surface area contributed by atoms with Crippen LogP contribution in [0, 0.1) is 6.92 Å². The molecule has 0 radical (unpaired) electrons. The number of carbonyl (C=O) groups is 1. The summed E-state index contributed by atoms with van der Waals surface area (Å²) in [6.07, 6.45) is -0.695. The van der Waals surface area contributed by atoms with Crippen molar-refractivity contribution in [2.45, 2.75) is 19.6 Å². The first-order valence-electron chi connectivity index (χ1n) is 7.81. The number of hydrogen-bond acceptors (Lipinski definition) is 3. The Kier molecular flexibility index (Phi) is 6.32. The van der Waals surface area contributed by atoms with Crippen LogP contribution >= 0.6 is 0 Å². The lowest BCUT2D eigenvalue weighted by atomic mass is 10.1. The molecule has 2 aromatic carbocycles. The molecule has 0 aliphatic heterocycles. The Morgan fingerprint density at radius 3 is 2.57 bits per heavy atom. The SMILES string of the molecule is CNCC(=O)N(Cc1ccccc1)CC(O)c1cccc(C)c1. The zero-order valence-corrected chi connectivity index (χ0v) is 13.7. The van der Waals surface area contributed by atoms with Gasteiger partial charge in [0.1, 0.15) is 0 Å². The topological polar surface area (TPSA) is 52.6 Å². The van der Waals surface area contributed by atoms with Gasteiger partial charge < -0.3 is 15.3 Å². The molecule has 0 heterocycles. The van der Waals surface area contributed by atoms with Gasteiger partial charge in [-0.15, -0.1) is 0 Å². The van der Waals surface area contributed by atoms with Crippen molar-refractivity contribution in [3.8, 4) is 0 Å². The Labute approximate surface area is 137 Å². The van der Waals surface area contributed by atoms with Crippen molar-refractivity contribution in [1.82, 2.24) is 10.2 Å². The average Bonchev–Trinajstić information content (AvgIpc) is 2.55. The van der Waals surface area contributed by atoms with Crippen molar-refractivity contribution in [2.24, 2.45) is 0 Å². The van der Waals surface area contributed by atoms with Gasteiger partial charge in [-0.05, 0) is 25.1 Å². The molecule has 1 atom stereocenters. The molecule has 0 saturated heterocycles.